The number of halogens is 5. The van der Waals surface area contributed by atoms with E-state index in [9.17, 15) is 22.0 Å². The second-order valence-corrected chi connectivity index (χ2v) is 15.1. The van der Waals surface area contributed by atoms with Crippen molar-refractivity contribution in [1.82, 2.24) is 0 Å². The van der Waals surface area contributed by atoms with Crippen LogP contribution in [0, 0.1) is 29.1 Å². The molecule has 2 aromatic rings. The predicted octanol–water partition coefficient (Wildman–Crippen LogP) is 6.20. The Kier molecular flexibility index (Phi) is 5.28. The van der Waals surface area contributed by atoms with Gasteiger partial charge in [0, 0.05) is 0 Å². The van der Waals surface area contributed by atoms with Gasteiger partial charge in [-0.05, 0) is 28.8 Å². The summed E-state index contributed by atoms with van der Waals surface area (Å²) in [4.78, 5) is -0.990. The van der Waals surface area contributed by atoms with Gasteiger partial charge in [-0.15, -0.1) is 0 Å². The molecule has 0 unspecified atom stereocenters. The fraction of sp³-hybridized carbons (Fsp3) is 0.143. The van der Waals surface area contributed by atoms with Gasteiger partial charge in [-0.2, -0.15) is 0 Å². The van der Waals surface area contributed by atoms with Crippen LogP contribution < -0.4 is 0 Å². The van der Waals surface area contributed by atoms with E-state index in [2.05, 4.69) is 0 Å². The smallest absolute Gasteiger partial charge is 0.200 e. The van der Waals surface area contributed by atoms with E-state index in [1.165, 1.54) is 11.4 Å². The highest BCUT2D eigenvalue weighted by atomic mass is 33.2. The number of rotatable bonds is 3. The topological polar surface area (TPSA) is 9.23 Å². The number of benzene rings is 2. The van der Waals surface area contributed by atoms with Crippen molar-refractivity contribution in [3.8, 4) is 0 Å². The zero-order chi connectivity index (χ0) is 17.5. The van der Waals surface area contributed by atoms with Crippen molar-refractivity contribution in [2.75, 3.05) is 6.61 Å². The molecule has 0 aliphatic carbocycles. The molecule has 24 heavy (non-hydrogen) atoms. The van der Waals surface area contributed by atoms with E-state index < -0.39 is 38.7 Å². The van der Waals surface area contributed by atoms with Crippen molar-refractivity contribution in [3.05, 3.63) is 65.0 Å². The lowest BCUT2D eigenvalue weighted by atomic mass is 10.2. The highest BCUT2D eigenvalue weighted by Crippen LogP contribution is 2.80. The molecule has 128 valence electrons. The Labute approximate surface area is 147 Å². The minimum Gasteiger partial charge on any atom is -0.332 e. The van der Waals surface area contributed by atoms with E-state index in [0.717, 1.165) is 5.56 Å². The van der Waals surface area contributed by atoms with Crippen molar-refractivity contribution >= 4 is 39.2 Å². The lowest BCUT2D eigenvalue weighted by Crippen LogP contribution is -2.02. The largest absolute Gasteiger partial charge is 0.332 e. The minimum atomic E-state index is -2.89. The first kappa shape index (κ1) is 18.2. The van der Waals surface area contributed by atoms with Crippen molar-refractivity contribution in [1.29, 1.82) is 0 Å². The van der Waals surface area contributed by atoms with Crippen LogP contribution in [0.5, 0.6) is 0 Å². The molecule has 0 saturated carbocycles. The van der Waals surface area contributed by atoms with Crippen molar-refractivity contribution < 1.29 is 26.5 Å². The molecule has 1 heterocycles. The van der Waals surface area contributed by atoms with E-state index in [1.807, 2.05) is 30.3 Å². The summed E-state index contributed by atoms with van der Waals surface area (Å²) in [6.45, 7) is 0.217. The summed E-state index contributed by atoms with van der Waals surface area (Å²) < 4.78 is 69.9. The van der Waals surface area contributed by atoms with Gasteiger partial charge < -0.3 is 4.52 Å². The summed E-state index contributed by atoms with van der Waals surface area (Å²) in [7, 11) is 0. The van der Waals surface area contributed by atoms with Crippen LogP contribution in [-0.2, 0) is 16.3 Å². The van der Waals surface area contributed by atoms with Gasteiger partial charge in [0.25, 0.3) is 0 Å². The van der Waals surface area contributed by atoms with Gasteiger partial charge in [0.1, 0.15) is 0 Å². The first-order chi connectivity index (χ1) is 11.3. The van der Waals surface area contributed by atoms with Crippen LogP contribution in [0.4, 0.5) is 22.0 Å². The van der Waals surface area contributed by atoms with Gasteiger partial charge in [0.2, 0.25) is 5.82 Å². The maximum absolute atomic E-state index is 13.8. The predicted molar refractivity (Wildman–Crippen MR) is 89.1 cm³/mol. The number of hydrogen-bond donors (Lipinski definition) is 0. The van der Waals surface area contributed by atoms with Crippen molar-refractivity contribution in [2.45, 2.75) is 10.1 Å². The molecule has 0 spiro atoms. The maximum Gasteiger partial charge on any atom is 0.200 e. The second-order valence-electron chi connectivity index (χ2n) is 4.74. The quantitative estimate of drug-likeness (QED) is 0.256. The molecule has 1 fully saturated rings. The summed E-state index contributed by atoms with van der Waals surface area (Å²) in [6.07, 6.45) is 0. The third-order valence-corrected chi connectivity index (χ3v) is 11.9. The van der Waals surface area contributed by atoms with Gasteiger partial charge >= 0.3 is 0 Å². The minimum absolute atomic E-state index is 0.147. The van der Waals surface area contributed by atoms with E-state index in [4.69, 9.17) is 16.3 Å². The Morgan fingerprint density at radius 2 is 1.50 bits per heavy atom. The summed E-state index contributed by atoms with van der Waals surface area (Å²) in [5, 5.41) is -0.147. The highest BCUT2D eigenvalue weighted by molar-refractivity contribution is 8.99. The SMILES string of the molecule is Fc1c(F)c(F)c(S[P@@]2(=S)OC[C@H](c3ccccc3)S2)c(F)c1F. The normalized spacial score (nSPS) is 23.6. The molecular formula is C14H8F5OPS3. The molecule has 0 bridgehead atoms. The summed E-state index contributed by atoms with van der Waals surface area (Å²) in [5.41, 5.74) is 0.923. The molecule has 0 amide bonds. The molecule has 2 atom stereocenters. The summed E-state index contributed by atoms with van der Waals surface area (Å²) >= 11 is 6.91. The summed E-state index contributed by atoms with van der Waals surface area (Å²) in [5.74, 6) is -9.92. The Morgan fingerprint density at radius 3 is 2.08 bits per heavy atom. The van der Waals surface area contributed by atoms with Crippen LogP contribution >= 0.6 is 27.4 Å². The molecule has 0 N–H and O–H groups in total. The Hall–Kier alpha value is -0.600. The molecule has 1 saturated heterocycles. The molecule has 0 aromatic heterocycles. The molecule has 1 nitrogen and oxygen atoms in total. The number of hydrogen-bond acceptors (Lipinski definition) is 4. The standard InChI is InChI=1S/C14H8F5OPS3/c15-9-10(16)12(18)14(13(19)11(9)17)24-21(22)20-6-8(23-21)7-4-2-1-3-5-7/h1-5,8H,6H2/t8-,21-/m1/s1. The monoisotopic (exact) mass is 414 g/mol. The summed E-state index contributed by atoms with van der Waals surface area (Å²) in [6, 6.07) is 9.21. The van der Waals surface area contributed by atoms with Crippen LogP contribution in [0.3, 0.4) is 0 Å². The average Bonchev–Trinajstić information content (AvgIpc) is 2.98. The zero-order valence-corrected chi connectivity index (χ0v) is 15.0. The average molecular weight is 414 g/mol. The highest BCUT2D eigenvalue weighted by Gasteiger charge is 2.38. The zero-order valence-electron chi connectivity index (χ0n) is 11.6. The third kappa shape index (κ3) is 3.37. The van der Waals surface area contributed by atoms with Gasteiger partial charge in [-0.3, -0.25) is 0 Å². The van der Waals surface area contributed by atoms with Crippen LogP contribution in [0.2, 0.25) is 0 Å². The van der Waals surface area contributed by atoms with E-state index in [-0.39, 0.29) is 11.9 Å². The lowest BCUT2D eigenvalue weighted by Gasteiger charge is -2.15. The molecule has 1 aliphatic rings. The van der Waals surface area contributed by atoms with Crippen molar-refractivity contribution in [2.24, 2.45) is 0 Å². The van der Waals surface area contributed by atoms with Gasteiger partial charge in [-0.1, -0.05) is 41.7 Å². The van der Waals surface area contributed by atoms with Crippen LogP contribution in [-0.4, -0.2) is 6.61 Å². The van der Waals surface area contributed by atoms with Crippen molar-refractivity contribution in [3.63, 3.8) is 0 Å². The fourth-order valence-electron chi connectivity index (χ4n) is 2.03. The van der Waals surface area contributed by atoms with Gasteiger partial charge in [-0.25, -0.2) is 22.0 Å². The van der Waals surface area contributed by atoms with Crippen LogP contribution in [0.15, 0.2) is 35.2 Å². The molecule has 1 aliphatic heterocycles. The first-order valence-corrected chi connectivity index (χ1v) is 12.1. The second kappa shape index (κ2) is 6.96. The van der Waals surface area contributed by atoms with Crippen LogP contribution in [0.1, 0.15) is 10.8 Å². The van der Waals surface area contributed by atoms with Crippen LogP contribution in [0.25, 0.3) is 0 Å². The molecule has 3 rings (SSSR count). The fourth-order valence-corrected chi connectivity index (χ4v) is 11.1. The van der Waals surface area contributed by atoms with E-state index >= 15 is 0 Å². The Morgan fingerprint density at radius 1 is 0.958 bits per heavy atom. The Bertz CT molecular complexity index is 804. The van der Waals surface area contributed by atoms with Gasteiger partial charge in [0.15, 0.2) is 27.9 Å². The maximum atomic E-state index is 13.8. The first-order valence-electron chi connectivity index (χ1n) is 6.51. The Balaban J connectivity index is 1.89. The third-order valence-electron chi connectivity index (χ3n) is 3.18. The molecular weight excluding hydrogens is 406 g/mol. The van der Waals surface area contributed by atoms with Gasteiger partial charge in [0.05, 0.1) is 16.8 Å². The lowest BCUT2D eigenvalue weighted by molar-refractivity contribution is 0.360. The van der Waals surface area contributed by atoms with E-state index in [1.54, 1.807) is 0 Å². The molecule has 2 aromatic carbocycles. The molecule has 0 radical (unpaired) electrons. The van der Waals surface area contributed by atoms with E-state index in [0.29, 0.717) is 11.4 Å². The molecule has 10 heteroatoms.